The van der Waals surface area contributed by atoms with Gasteiger partial charge in [0.1, 0.15) is 17.0 Å². The highest BCUT2D eigenvalue weighted by Gasteiger charge is 2.21. The quantitative estimate of drug-likeness (QED) is 0.186. The van der Waals surface area contributed by atoms with Crippen LogP contribution in [0.3, 0.4) is 0 Å². The molecule has 0 saturated heterocycles. The fraction of sp³-hybridized carbons (Fsp3) is 0.0882. The van der Waals surface area contributed by atoms with Gasteiger partial charge in [0.2, 0.25) is 0 Å². The van der Waals surface area contributed by atoms with Crippen molar-refractivity contribution in [3.8, 4) is 22.6 Å². The van der Waals surface area contributed by atoms with E-state index >= 15 is 0 Å². The molecule has 206 valence electrons. The summed E-state index contributed by atoms with van der Waals surface area (Å²) in [6.07, 6.45) is 8.07. The minimum absolute atomic E-state index is 0.285. The summed E-state index contributed by atoms with van der Waals surface area (Å²) in [6.45, 7) is 1.48. The first-order valence-electron chi connectivity index (χ1n) is 13.8. The molecule has 7 rings (SSSR count). The summed E-state index contributed by atoms with van der Waals surface area (Å²) >= 11 is 0. The summed E-state index contributed by atoms with van der Waals surface area (Å²) in [4.78, 5) is 13.0. The fourth-order valence-electron chi connectivity index (χ4n) is 5.37. The zero-order chi connectivity index (χ0) is 28.5. The van der Waals surface area contributed by atoms with Crippen LogP contribution in [0, 0.1) is 5.82 Å². The van der Waals surface area contributed by atoms with Crippen molar-refractivity contribution < 1.29 is 4.39 Å². The molecule has 2 aromatic carbocycles. The summed E-state index contributed by atoms with van der Waals surface area (Å²) in [5.74, 6) is -0.285. The lowest BCUT2D eigenvalue weighted by atomic mass is 9.97. The molecule has 0 saturated carbocycles. The Labute approximate surface area is 242 Å². The number of nitrogens with zero attached hydrogens (tertiary/aromatic N) is 3. The molecule has 0 fully saturated rings. The van der Waals surface area contributed by atoms with Crippen LogP contribution in [0.5, 0.6) is 0 Å². The van der Waals surface area contributed by atoms with Crippen LogP contribution in [-0.2, 0) is 19.5 Å². The van der Waals surface area contributed by atoms with Gasteiger partial charge in [-0.25, -0.2) is 9.37 Å². The van der Waals surface area contributed by atoms with E-state index in [0.29, 0.717) is 24.4 Å². The van der Waals surface area contributed by atoms with Crippen LogP contribution >= 0.6 is 0 Å². The number of allylic oxidation sites excluding steroid dienone is 3. The molecule has 0 bridgehead atoms. The first-order valence-corrected chi connectivity index (χ1v) is 13.8. The molecule has 0 amide bonds. The molecule has 0 spiro atoms. The monoisotopic (exact) mass is 553 g/mol. The van der Waals surface area contributed by atoms with Gasteiger partial charge < -0.3 is 16.0 Å². The van der Waals surface area contributed by atoms with Crippen LogP contribution < -0.4 is 11.1 Å². The van der Waals surface area contributed by atoms with Crippen molar-refractivity contribution in [3.63, 3.8) is 0 Å². The van der Waals surface area contributed by atoms with Gasteiger partial charge in [-0.3, -0.25) is 10.1 Å². The maximum absolute atomic E-state index is 14.1. The van der Waals surface area contributed by atoms with E-state index in [0.717, 1.165) is 62.5 Å². The number of nitrogens with one attached hydrogen (secondary N) is 3. The lowest BCUT2D eigenvalue weighted by molar-refractivity contribution is 0.627. The molecule has 1 aliphatic rings. The van der Waals surface area contributed by atoms with Gasteiger partial charge in [-0.1, -0.05) is 48.5 Å². The standard InChI is InChI=1S/C34H28FN7/c35-25-8-4-7-23(14-25)27-10-9-26(36)15-31-28(27)16-32(39-31)34-33-30(41-42-34)12-11-29(40-33)24-13-22(19-38-20-24)18-37-17-21-5-2-1-3-6-21/h1-14,16,19-20,37,39H,15,17-18,36H2,(H,41,42). The lowest BCUT2D eigenvalue weighted by Gasteiger charge is -2.07. The average molecular weight is 554 g/mol. The van der Waals surface area contributed by atoms with Crippen LogP contribution in [0.25, 0.3) is 39.3 Å². The van der Waals surface area contributed by atoms with Crippen molar-refractivity contribution in [2.45, 2.75) is 19.5 Å². The van der Waals surface area contributed by atoms with E-state index < -0.39 is 0 Å². The Morgan fingerprint density at radius 1 is 0.857 bits per heavy atom. The molecule has 4 aromatic heterocycles. The van der Waals surface area contributed by atoms with Crippen LogP contribution in [0.4, 0.5) is 4.39 Å². The van der Waals surface area contributed by atoms with Crippen LogP contribution in [-0.4, -0.2) is 25.1 Å². The third-order valence-corrected chi connectivity index (χ3v) is 7.42. The largest absolute Gasteiger partial charge is 0.402 e. The molecule has 0 atom stereocenters. The first-order chi connectivity index (χ1) is 20.6. The Balaban J connectivity index is 1.20. The summed E-state index contributed by atoms with van der Waals surface area (Å²) < 4.78 is 14.1. The number of hydrogen-bond acceptors (Lipinski definition) is 5. The topological polar surface area (TPSA) is 108 Å². The molecular weight excluding hydrogens is 525 g/mol. The summed E-state index contributed by atoms with van der Waals surface area (Å²) in [5, 5.41) is 11.2. The van der Waals surface area contributed by atoms with Crippen molar-refractivity contribution in [3.05, 3.63) is 143 Å². The smallest absolute Gasteiger partial charge is 0.135 e. The van der Waals surface area contributed by atoms with Gasteiger partial charge in [0.15, 0.2) is 0 Å². The number of aromatic amines is 2. The molecule has 1 aliphatic carbocycles. The maximum Gasteiger partial charge on any atom is 0.135 e. The molecule has 0 unspecified atom stereocenters. The SMILES string of the molecule is NC1=CC=C(c2cccc(F)c2)c2cc(-c3n[nH]c4ccc(-c5cncc(CNCc6ccccc6)c5)nc34)[nH]c2C1. The Kier molecular flexibility index (Phi) is 6.65. The van der Waals surface area contributed by atoms with E-state index in [1.54, 1.807) is 6.07 Å². The predicted octanol–water partition coefficient (Wildman–Crippen LogP) is 6.27. The van der Waals surface area contributed by atoms with Crippen molar-refractivity contribution >= 4 is 16.6 Å². The second-order valence-electron chi connectivity index (χ2n) is 10.4. The first kappa shape index (κ1) is 25.6. The molecule has 42 heavy (non-hydrogen) atoms. The second kappa shape index (κ2) is 10.9. The zero-order valence-corrected chi connectivity index (χ0v) is 22.7. The van der Waals surface area contributed by atoms with Crippen molar-refractivity contribution in [2.24, 2.45) is 5.73 Å². The molecule has 6 aromatic rings. The molecule has 0 radical (unpaired) electrons. The minimum atomic E-state index is -0.285. The number of aromatic nitrogens is 5. The van der Waals surface area contributed by atoms with Crippen LogP contribution in [0.2, 0.25) is 0 Å². The number of rotatable bonds is 7. The van der Waals surface area contributed by atoms with Gasteiger partial charge in [-0.2, -0.15) is 5.10 Å². The van der Waals surface area contributed by atoms with Gasteiger partial charge in [0.25, 0.3) is 0 Å². The number of halogens is 1. The predicted molar refractivity (Wildman–Crippen MR) is 163 cm³/mol. The Morgan fingerprint density at radius 3 is 2.62 bits per heavy atom. The van der Waals surface area contributed by atoms with Crippen molar-refractivity contribution in [2.75, 3.05) is 0 Å². The molecule has 4 heterocycles. The number of nitrogens with two attached hydrogens (primary N) is 1. The molecule has 0 aliphatic heterocycles. The molecule has 5 N–H and O–H groups in total. The molecule has 8 heteroatoms. The van der Waals surface area contributed by atoms with E-state index in [-0.39, 0.29) is 5.82 Å². The fourth-order valence-corrected chi connectivity index (χ4v) is 5.37. The van der Waals surface area contributed by atoms with Crippen molar-refractivity contribution in [1.29, 1.82) is 0 Å². The Morgan fingerprint density at radius 2 is 1.74 bits per heavy atom. The number of fused-ring (bicyclic) bond motifs is 2. The van der Waals surface area contributed by atoms with Crippen molar-refractivity contribution in [1.82, 2.24) is 30.5 Å². The normalized spacial score (nSPS) is 13.0. The minimum Gasteiger partial charge on any atom is -0.402 e. The number of hydrogen-bond donors (Lipinski definition) is 4. The van der Waals surface area contributed by atoms with E-state index in [1.165, 1.54) is 17.7 Å². The summed E-state index contributed by atoms with van der Waals surface area (Å²) in [7, 11) is 0. The van der Waals surface area contributed by atoms with Gasteiger partial charge in [-0.05, 0) is 64.7 Å². The number of H-pyrrole nitrogens is 2. The molecular formula is C34H28FN7. The Bertz CT molecular complexity index is 1970. The van der Waals surface area contributed by atoms with E-state index in [4.69, 9.17) is 10.7 Å². The third-order valence-electron chi connectivity index (χ3n) is 7.42. The average Bonchev–Trinajstić information content (AvgIpc) is 3.58. The van der Waals surface area contributed by atoms with Gasteiger partial charge in [-0.15, -0.1) is 0 Å². The summed E-state index contributed by atoms with van der Waals surface area (Å²) in [5.41, 5.74) is 17.7. The second-order valence-corrected chi connectivity index (χ2v) is 10.4. The third kappa shape index (κ3) is 5.11. The number of pyridine rings is 2. The maximum atomic E-state index is 14.1. The van der Waals surface area contributed by atoms with Crippen LogP contribution in [0.15, 0.2) is 109 Å². The highest BCUT2D eigenvalue weighted by Crippen LogP contribution is 2.35. The number of benzene rings is 2. The van der Waals surface area contributed by atoms with Gasteiger partial charge >= 0.3 is 0 Å². The zero-order valence-electron chi connectivity index (χ0n) is 22.7. The highest BCUT2D eigenvalue weighted by atomic mass is 19.1. The summed E-state index contributed by atoms with van der Waals surface area (Å²) in [6, 6.07) is 25.0. The lowest BCUT2D eigenvalue weighted by Crippen LogP contribution is -2.12. The van der Waals surface area contributed by atoms with E-state index in [9.17, 15) is 4.39 Å². The van der Waals surface area contributed by atoms with Crippen LogP contribution in [0.1, 0.15) is 27.9 Å². The van der Waals surface area contributed by atoms with E-state index in [1.807, 2.05) is 67.0 Å². The van der Waals surface area contributed by atoms with E-state index in [2.05, 4.69) is 43.7 Å². The van der Waals surface area contributed by atoms with Gasteiger partial charge in [0, 0.05) is 54.4 Å². The Hall–Kier alpha value is -5.34. The highest BCUT2D eigenvalue weighted by molar-refractivity contribution is 5.92. The van der Waals surface area contributed by atoms with Gasteiger partial charge in [0.05, 0.1) is 16.9 Å². The molecule has 7 nitrogen and oxygen atoms in total.